The summed E-state index contributed by atoms with van der Waals surface area (Å²) in [6.45, 7) is 0. The van der Waals surface area contributed by atoms with E-state index in [9.17, 15) is 28.7 Å². The molecule has 6 heterocycles. The fourth-order valence-electron chi connectivity index (χ4n) is 5.72. The number of carbonyl (C=O) groups excluding carboxylic acids is 1. The molecule has 15 nitrogen and oxygen atoms in total. The molecule has 0 fully saturated rings. The number of carboxylic acids is 1. The van der Waals surface area contributed by atoms with Crippen molar-refractivity contribution in [2.75, 3.05) is 24.9 Å². The molecule has 8 rings (SSSR count). The van der Waals surface area contributed by atoms with Crippen LogP contribution in [0, 0.1) is 0 Å². The van der Waals surface area contributed by atoms with E-state index in [0.29, 0.717) is 22.9 Å². The number of carboxylic acid groups (broad SMARTS) is 1. The van der Waals surface area contributed by atoms with Crippen LogP contribution in [0.15, 0.2) is 119 Å². The number of ether oxygens (including phenoxy) is 2. The maximum atomic E-state index is 13.6. The summed E-state index contributed by atoms with van der Waals surface area (Å²) in [7, 11) is 2.88. The highest BCUT2D eigenvalue weighted by molar-refractivity contribution is 14.0. The van der Waals surface area contributed by atoms with Gasteiger partial charge in [-0.3, -0.25) is 33.2 Å². The molecule has 6 aromatic heterocycles. The second-order valence-corrected chi connectivity index (χ2v) is 11.5. The van der Waals surface area contributed by atoms with Crippen LogP contribution in [0.2, 0.25) is 0 Å². The summed E-state index contributed by atoms with van der Waals surface area (Å²) in [6.07, 6.45) is 6.21. The number of halogens is 2. The maximum Gasteiger partial charge on any atom is 0.345 e. The van der Waals surface area contributed by atoms with Gasteiger partial charge in [-0.1, -0.05) is 12.1 Å². The molecule has 0 bridgehead atoms. The molecule has 0 aliphatic carbocycles. The molecule has 8 aromatic rings. The minimum Gasteiger partial charge on any atom is -0.493 e. The lowest BCUT2D eigenvalue weighted by molar-refractivity contribution is 0.0694. The van der Waals surface area contributed by atoms with Gasteiger partial charge in [-0.2, -0.15) is 4.39 Å². The van der Waals surface area contributed by atoms with E-state index >= 15 is 0 Å². The van der Waals surface area contributed by atoms with Crippen LogP contribution in [0.1, 0.15) is 20.7 Å². The Labute approximate surface area is 326 Å². The zero-order valence-electron chi connectivity index (χ0n) is 28.8. The Morgan fingerprint density at radius 3 is 1.56 bits per heavy atom. The first-order chi connectivity index (χ1) is 26.2. The highest BCUT2D eigenvalue weighted by Crippen LogP contribution is 2.26. The predicted octanol–water partition coefficient (Wildman–Crippen LogP) is 6.42. The normalized spacial score (nSPS) is 10.7. The Hall–Kier alpha value is -7.02. The number of methoxy groups -OCH3 is 2. The van der Waals surface area contributed by atoms with Gasteiger partial charge in [-0.05, 0) is 72.8 Å². The van der Waals surface area contributed by atoms with E-state index < -0.39 is 34.3 Å². The molecule has 276 valence electrons. The van der Waals surface area contributed by atoms with Crippen molar-refractivity contribution in [2.45, 2.75) is 0 Å². The Kier molecular flexibility index (Phi) is 10.9. The van der Waals surface area contributed by atoms with E-state index in [2.05, 4.69) is 30.6 Å². The van der Waals surface area contributed by atoms with Crippen LogP contribution in [-0.2, 0) is 0 Å². The first kappa shape index (κ1) is 37.7. The van der Waals surface area contributed by atoms with Gasteiger partial charge in [0.2, 0.25) is 0 Å². The fourth-order valence-corrected chi connectivity index (χ4v) is 5.72. The molecule has 0 amide bonds. The molecule has 0 aliphatic heterocycles. The first-order valence-corrected chi connectivity index (χ1v) is 16.0. The van der Waals surface area contributed by atoms with Crippen molar-refractivity contribution in [3.05, 3.63) is 142 Å². The van der Waals surface area contributed by atoms with Crippen LogP contribution in [0.4, 0.5) is 27.4 Å². The molecule has 0 aliphatic rings. The van der Waals surface area contributed by atoms with Gasteiger partial charge in [-0.15, -0.1) is 24.0 Å². The zero-order chi connectivity index (χ0) is 37.9. The lowest BCUT2D eigenvalue weighted by Crippen LogP contribution is -2.25. The van der Waals surface area contributed by atoms with E-state index in [4.69, 9.17) is 9.47 Å². The molecule has 0 saturated heterocycles. The van der Waals surface area contributed by atoms with Crippen LogP contribution >= 0.6 is 24.0 Å². The van der Waals surface area contributed by atoms with Crippen molar-refractivity contribution < 1.29 is 28.6 Å². The molecule has 0 radical (unpaired) electrons. The Morgan fingerprint density at radius 2 is 1.13 bits per heavy atom. The van der Waals surface area contributed by atoms with Gasteiger partial charge in [0.05, 0.1) is 25.3 Å². The second-order valence-electron chi connectivity index (χ2n) is 11.5. The molecule has 17 heteroatoms. The van der Waals surface area contributed by atoms with E-state index in [1.807, 2.05) is 12.1 Å². The molecular weight excluding hydrogens is 826 g/mol. The van der Waals surface area contributed by atoms with Gasteiger partial charge in [-0.25, -0.2) is 14.8 Å². The van der Waals surface area contributed by atoms with Crippen molar-refractivity contribution in [3.8, 4) is 11.5 Å². The predicted molar refractivity (Wildman–Crippen MR) is 214 cm³/mol. The number of nitrogens with zero attached hydrogens (tertiary/aromatic N) is 6. The third-order valence-electron chi connectivity index (χ3n) is 8.22. The SMILES string of the molecule is COc1cccn2c(=O)c(C(=O)F)c(Nc3ccc4ncccc4c3)nc12.COc1cccn2c(=O)c(C(=O)O)c(Nc3ccc4ncccc4c3)nc12.I. The van der Waals surface area contributed by atoms with Gasteiger partial charge in [0.15, 0.2) is 45.6 Å². The van der Waals surface area contributed by atoms with Crippen LogP contribution < -0.4 is 31.2 Å². The standard InChI is InChI=1S/C19H13FN4O3.C19H14N4O4.HI/c1-27-14-5-3-9-24-18(14)23-17(15(16(20)25)19(24)26)22-12-6-7-13-11(10-12)4-2-8-21-13;1-27-14-5-3-9-23-17(14)22-16(15(18(23)24)19(25)26)21-12-6-7-13-11(10-12)4-2-8-20-13;/h2-10,22H,1H3;2-10,21H,1H3,(H,25,26);1H. The number of benzene rings is 2. The number of hydrogen-bond acceptors (Lipinski definition) is 12. The molecule has 0 spiro atoms. The van der Waals surface area contributed by atoms with Crippen molar-refractivity contribution in [2.24, 2.45) is 0 Å². The van der Waals surface area contributed by atoms with Crippen LogP contribution in [-0.4, -0.2) is 60.1 Å². The minimum atomic E-state index is -1.87. The smallest absolute Gasteiger partial charge is 0.345 e. The zero-order valence-corrected chi connectivity index (χ0v) is 31.1. The van der Waals surface area contributed by atoms with Gasteiger partial charge < -0.3 is 25.2 Å². The Morgan fingerprint density at radius 1 is 0.673 bits per heavy atom. The number of carbonyl (C=O) groups is 2. The summed E-state index contributed by atoms with van der Waals surface area (Å²) in [6, 6.07) is 22.4. The lowest BCUT2D eigenvalue weighted by Gasteiger charge is -2.12. The van der Waals surface area contributed by atoms with E-state index in [1.54, 1.807) is 85.2 Å². The number of fused-ring (bicyclic) bond motifs is 4. The number of pyridine rings is 4. The number of anilines is 4. The summed E-state index contributed by atoms with van der Waals surface area (Å²) >= 11 is 0. The van der Waals surface area contributed by atoms with Gasteiger partial charge in [0, 0.05) is 46.9 Å². The largest absolute Gasteiger partial charge is 0.493 e. The Balaban J connectivity index is 0.000000184. The molecule has 55 heavy (non-hydrogen) atoms. The Bertz CT molecular complexity index is 2710. The summed E-state index contributed by atoms with van der Waals surface area (Å²) in [5.41, 5.74) is 0.438. The molecule has 0 atom stereocenters. The highest BCUT2D eigenvalue weighted by atomic mass is 127. The fraction of sp³-hybridized carbons (Fsp3) is 0.0526. The summed E-state index contributed by atoms with van der Waals surface area (Å²) in [5, 5.41) is 17.1. The van der Waals surface area contributed by atoms with Gasteiger partial charge in [0.25, 0.3) is 11.1 Å². The summed E-state index contributed by atoms with van der Waals surface area (Å²) in [4.78, 5) is 65.6. The van der Waals surface area contributed by atoms with E-state index in [1.165, 1.54) is 26.6 Å². The average Bonchev–Trinajstić information content (AvgIpc) is 3.17. The van der Waals surface area contributed by atoms with Gasteiger partial charge in [0.1, 0.15) is 0 Å². The highest BCUT2D eigenvalue weighted by Gasteiger charge is 2.23. The van der Waals surface area contributed by atoms with Crippen molar-refractivity contribution in [1.82, 2.24) is 28.7 Å². The lowest BCUT2D eigenvalue weighted by atomic mass is 10.2. The molecule has 0 saturated carbocycles. The summed E-state index contributed by atoms with van der Waals surface area (Å²) < 4.78 is 26.3. The monoisotopic (exact) mass is 854 g/mol. The molecule has 3 N–H and O–H groups in total. The third-order valence-corrected chi connectivity index (χ3v) is 8.22. The topological polar surface area (TPSA) is 191 Å². The van der Waals surface area contributed by atoms with Crippen LogP contribution in [0.25, 0.3) is 33.1 Å². The van der Waals surface area contributed by atoms with Gasteiger partial charge >= 0.3 is 12.0 Å². The van der Waals surface area contributed by atoms with Crippen molar-refractivity contribution in [3.63, 3.8) is 0 Å². The quantitative estimate of drug-likeness (QED) is 0.112. The van der Waals surface area contributed by atoms with E-state index in [-0.39, 0.29) is 46.9 Å². The molecule has 0 unspecified atom stereocenters. The molecule has 2 aromatic carbocycles. The number of rotatable bonds is 8. The maximum absolute atomic E-state index is 13.6. The average molecular weight is 855 g/mol. The second kappa shape index (κ2) is 15.9. The number of hydrogen-bond donors (Lipinski definition) is 3. The summed E-state index contributed by atoms with van der Waals surface area (Å²) in [5.74, 6) is -0.925. The van der Waals surface area contributed by atoms with Crippen molar-refractivity contribution >= 4 is 92.1 Å². The number of nitrogens with one attached hydrogen (secondary N) is 2. The van der Waals surface area contributed by atoms with Crippen LogP contribution in [0.5, 0.6) is 11.5 Å². The number of aromatic carboxylic acids is 1. The molecular formula is C38H28FIN8O7. The number of aromatic nitrogens is 6. The first-order valence-electron chi connectivity index (χ1n) is 16.0. The third kappa shape index (κ3) is 7.45. The van der Waals surface area contributed by atoms with E-state index in [0.717, 1.165) is 30.6 Å². The van der Waals surface area contributed by atoms with Crippen molar-refractivity contribution in [1.29, 1.82) is 0 Å². The van der Waals surface area contributed by atoms with Crippen LogP contribution in [0.3, 0.4) is 0 Å². The minimum absolute atomic E-state index is 0.